The molecule has 0 spiro atoms. The molecule has 1 aliphatic rings. The largest absolute Gasteiger partial charge is 0.493 e. The van der Waals surface area contributed by atoms with E-state index in [9.17, 15) is 0 Å². The van der Waals surface area contributed by atoms with Gasteiger partial charge in [0.2, 0.25) is 5.96 Å². The maximum absolute atomic E-state index is 9.11. The first-order valence-corrected chi connectivity index (χ1v) is 8.47. The summed E-state index contributed by atoms with van der Waals surface area (Å²) in [5, 5.41) is 11.8. The van der Waals surface area contributed by atoms with E-state index in [1.54, 1.807) is 14.2 Å². The van der Waals surface area contributed by atoms with Gasteiger partial charge >= 0.3 is 0 Å². The van der Waals surface area contributed by atoms with E-state index in [0.29, 0.717) is 24.8 Å². The Hall–Kier alpha value is -3.20. The number of nitrogens with zero attached hydrogens (tertiary/aromatic N) is 3. The van der Waals surface area contributed by atoms with Crippen LogP contribution in [0.25, 0.3) is 0 Å². The summed E-state index contributed by atoms with van der Waals surface area (Å²) in [6.07, 6.45) is 2.85. The number of nitriles is 1. The fourth-order valence-corrected chi connectivity index (χ4v) is 3.08. The summed E-state index contributed by atoms with van der Waals surface area (Å²) >= 11 is 0. The van der Waals surface area contributed by atoms with Crippen molar-refractivity contribution in [2.24, 2.45) is 4.99 Å². The van der Waals surface area contributed by atoms with Gasteiger partial charge in [-0.05, 0) is 35.2 Å². The summed E-state index contributed by atoms with van der Waals surface area (Å²) in [6.45, 7) is 1.98. The Morgan fingerprint density at radius 1 is 1.15 bits per heavy atom. The zero-order chi connectivity index (χ0) is 18.4. The molecule has 0 unspecified atom stereocenters. The SMILES string of the molecule is COc1cc2c(cc1OC)CN(C(=NCc1ccccc1)NC#N)CC2. The summed E-state index contributed by atoms with van der Waals surface area (Å²) in [5.74, 6) is 2.05. The molecule has 0 bridgehead atoms. The second-order valence-electron chi connectivity index (χ2n) is 6.01. The van der Waals surface area contributed by atoms with Crippen LogP contribution in [0.2, 0.25) is 0 Å². The van der Waals surface area contributed by atoms with Crippen LogP contribution < -0.4 is 14.8 Å². The summed E-state index contributed by atoms with van der Waals surface area (Å²) in [6, 6.07) is 14.0. The molecule has 2 aromatic carbocycles. The van der Waals surface area contributed by atoms with Gasteiger partial charge in [0.25, 0.3) is 0 Å². The fraction of sp³-hybridized carbons (Fsp3) is 0.300. The lowest BCUT2D eigenvalue weighted by atomic mass is 9.99. The molecule has 0 radical (unpaired) electrons. The average molecular weight is 350 g/mol. The Labute approximate surface area is 153 Å². The topological polar surface area (TPSA) is 69.9 Å². The van der Waals surface area contributed by atoms with Crippen LogP contribution in [0.4, 0.5) is 0 Å². The van der Waals surface area contributed by atoms with E-state index in [4.69, 9.17) is 14.7 Å². The molecule has 0 aromatic heterocycles. The van der Waals surface area contributed by atoms with Crippen molar-refractivity contribution in [1.29, 1.82) is 5.26 Å². The first-order valence-electron chi connectivity index (χ1n) is 8.47. The summed E-state index contributed by atoms with van der Waals surface area (Å²) in [7, 11) is 3.28. The predicted molar refractivity (Wildman–Crippen MR) is 100.0 cm³/mol. The third-order valence-corrected chi connectivity index (χ3v) is 4.44. The summed E-state index contributed by atoms with van der Waals surface area (Å²) < 4.78 is 10.8. The molecule has 0 fully saturated rings. The Balaban J connectivity index is 1.81. The first kappa shape index (κ1) is 17.6. The van der Waals surface area contributed by atoms with Crippen molar-refractivity contribution in [2.45, 2.75) is 19.5 Å². The molecule has 1 heterocycles. The lowest BCUT2D eigenvalue weighted by Gasteiger charge is -2.31. The number of rotatable bonds is 4. The van der Waals surface area contributed by atoms with Gasteiger partial charge in [-0.15, -0.1) is 0 Å². The van der Waals surface area contributed by atoms with Gasteiger partial charge in [0.15, 0.2) is 17.7 Å². The van der Waals surface area contributed by atoms with Crippen LogP contribution in [0.5, 0.6) is 11.5 Å². The highest BCUT2D eigenvalue weighted by molar-refractivity contribution is 5.81. The predicted octanol–water partition coefficient (Wildman–Crippen LogP) is 2.69. The molecule has 134 valence electrons. The highest BCUT2D eigenvalue weighted by Gasteiger charge is 2.21. The smallest absolute Gasteiger partial charge is 0.208 e. The maximum atomic E-state index is 9.11. The number of nitrogens with one attached hydrogen (secondary N) is 1. The Bertz CT molecular complexity index is 828. The van der Waals surface area contributed by atoms with Gasteiger partial charge in [-0.1, -0.05) is 30.3 Å². The number of aliphatic imine (C=N–C) groups is 1. The van der Waals surface area contributed by atoms with Crippen molar-refractivity contribution >= 4 is 5.96 Å². The summed E-state index contributed by atoms with van der Waals surface area (Å²) in [5.41, 5.74) is 3.49. The Kier molecular flexibility index (Phi) is 5.59. The Morgan fingerprint density at radius 3 is 2.50 bits per heavy atom. The average Bonchev–Trinajstić information content (AvgIpc) is 2.70. The lowest BCUT2D eigenvalue weighted by molar-refractivity contribution is 0.346. The maximum Gasteiger partial charge on any atom is 0.208 e. The van der Waals surface area contributed by atoms with Gasteiger partial charge in [0.1, 0.15) is 0 Å². The third kappa shape index (κ3) is 3.89. The molecule has 6 heteroatoms. The van der Waals surface area contributed by atoms with Gasteiger partial charge in [-0.25, -0.2) is 4.99 Å². The van der Waals surface area contributed by atoms with E-state index in [1.807, 2.05) is 48.7 Å². The molecule has 0 aliphatic carbocycles. The molecule has 0 saturated carbocycles. The number of guanidine groups is 1. The molecule has 3 rings (SSSR count). The Morgan fingerprint density at radius 2 is 1.85 bits per heavy atom. The van der Waals surface area contributed by atoms with Gasteiger partial charge in [-0.2, -0.15) is 5.26 Å². The van der Waals surface area contributed by atoms with Crippen molar-refractivity contribution < 1.29 is 9.47 Å². The molecule has 2 aromatic rings. The second-order valence-corrected chi connectivity index (χ2v) is 6.01. The normalized spacial score (nSPS) is 13.6. The lowest BCUT2D eigenvalue weighted by Crippen LogP contribution is -2.42. The van der Waals surface area contributed by atoms with Crippen molar-refractivity contribution in [1.82, 2.24) is 10.2 Å². The monoisotopic (exact) mass is 350 g/mol. The molecule has 0 amide bonds. The molecule has 0 saturated heterocycles. The summed E-state index contributed by atoms with van der Waals surface area (Å²) in [4.78, 5) is 6.69. The van der Waals surface area contributed by atoms with Crippen molar-refractivity contribution in [3.63, 3.8) is 0 Å². The minimum atomic E-state index is 0.528. The molecule has 1 N–H and O–H groups in total. The first-order chi connectivity index (χ1) is 12.7. The molecular formula is C20H22N4O2. The van der Waals surface area contributed by atoms with Crippen molar-refractivity contribution in [3.05, 3.63) is 59.2 Å². The molecule has 6 nitrogen and oxygen atoms in total. The quantitative estimate of drug-likeness (QED) is 0.397. The van der Waals surface area contributed by atoms with Gasteiger partial charge in [0, 0.05) is 13.1 Å². The van der Waals surface area contributed by atoms with Crippen LogP contribution in [0.15, 0.2) is 47.5 Å². The molecule has 1 aliphatic heterocycles. The van der Waals surface area contributed by atoms with Crippen molar-refractivity contribution in [3.8, 4) is 17.7 Å². The van der Waals surface area contributed by atoms with E-state index in [1.165, 1.54) is 5.56 Å². The number of methoxy groups -OCH3 is 2. The van der Waals surface area contributed by atoms with Gasteiger partial charge in [-0.3, -0.25) is 5.32 Å². The van der Waals surface area contributed by atoms with Gasteiger partial charge in [0.05, 0.1) is 20.8 Å². The van der Waals surface area contributed by atoms with Crippen LogP contribution in [-0.4, -0.2) is 31.6 Å². The number of hydrogen-bond acceptors (Lipinski definition) is 4. The molecule has 26 heavy (non-hydrogen) atoms. The van der Waals surface area contributed by atoms with Crippen LogP contribution >= 0.6 is 0 Å². The number of ether oxygens (including phenoxy) is 2. The third-order valence-electron chi connectivity index (χ3n) is 4.44. The minimum absolute atomic E-state index is 0.528. The number of fused-ring (bicyclic) bond motifs is 1. The number of benzene rings is 2. The van der Waals surface area contributed by atoms with Crippen molar-refractivity contribution in [2.75, 3.05) is 20.8 Å². The fourth-order valence-electron chi connectivity index (χ4n) is 3.08. The highest BCUT2D eigenvalue weighted by Crippen LogP contribution is 2.33. The standard InChI is InChI=1S/C20H22N4O2/c1-25-18-10-16-8-9-24(13-17(16)11-19(18)26-2)20(23-14-21)22-12-15-6-4-3-5-7-15/h3-7,10-11H,8-9,12-13H2,1-2H3,(H,22,23). The van der Waals surface area contributed by atoms with E-state index in [0.717, 1.165) is 29.8 Å². The van der Waals surface area contributed by atoms with E-state index < -0.39 is 0 Å². The molecular weight excluding hydrogens is 328 g/mol. The zero-order valence-corrected chi connectivity index (χ0v) is 15.0. The minimum Gasteiger partial charge on any atom is -0.493 e. The van der Waals surface area contributed by atoms with Crippen LogP contribution in [0.3, 0.4) is 0 Å². The number of hydrogen-bond donors (Lipinski definition) is 1. The highest BCUT2D eigenvalue weighted by atomic mass is 16.5. The van der Waals surface area contributed by atoms with Crippen LogP contribution in [0, 0.1) is 11.5 Å². The van der Waals surface area contributed by atoms with Crippen LogP contribution in [-0.2, 0) is 19.5 Å². The zero-order valence-electron chi connectivity index (χ0n) is 15.0. The van der Waals surface area contributed by atoms with E-state index >= 15 is 0 Å². The molecule has 0 atom stereocenters. The van der Waals surface area contributed by atoms with E-state index in [2.05, 4.69) is 15.2 Å². The second kappa shape index (κ2) is 8.26. The van der Waals surface area contributed by atoms with Crippen LogP contribution in [0.1, 0.15) is 16.7 Å². The van der Waals surface area contributed by atoms with Gasteiger partial charge < -0.3 is 14.4 Å². The van der Waals surface area contributed by atoms with E-state index in [-0.39, 0.29) is 0 Å².